The molecule has 1 aliphatic heterocycles. The van der Waals surface area contributed by atoms with Gasteiger partial charge in [-0.25, -0.2) is 9.37 Å². The number of nitrogens with one attached hydrogen (secondary N) is 1. The van der Waals surface area contributed by atoms with Gasteiger partial charge in [0.1, 0.15) is 11.5 Å². The number of allylic oxidation sites excluding steroid dienone is 6. The van der Waals surface area contributed by atoms with Crippen LogP contribution >= 0.6 is 0 Å². The van der Waals surface area contributed by atoms with Crippen molar-refractivity contribution in [1.29, 1.82) is 0 Å². The largest absolute Gasteiger partial charge is 0.344 e. The maximum Gasteiger partial charge on any atom is 0.134 e. The van der Waals surface area contributed by atoms with E-state index in [-0.39, 0.29) is 5.41 Å². The minimum Gasteiger partial charge on any atom is -0.344 e. The van der Waals surface area contributed by atoms with Gasteiger partial charge in [0.2, 0.25) is 0 Å². The van der Waals surface area contributed by atoms with Crippen LogP contribution in [0.3, 0.4) is 0 Å². The number of nitrogens with zero attached hydrogens (tertiary/aromatic N) is 1. The Kier molecular flexibility index (Phi) is 5.84. The maximum absolute atomic E-state index is 14.8. The molecule has 0 aromatic carbocycles. The fourth-order valence-electron chi connectivity index (χ4n) is 3.54. The highest BCUT2D eigenvalue weighted by atomic mass is 19.1. The van der Waals surface area contributed by atoms with E-state index in [0.717, 1.165) is 34.6 Å². The summed E-state index contributed by atoms with van der Waals surface area (Å²) in [5.74, 6) is 1.15. The Morgan fingerprint density at radius 2 is 1.85 bits per heavy atom. The van der Waals surface area contributed by atoms with Crippen LogP contribution in [0, 0.1) is 5.41 Å². The van der Waals surface area contributed by atoms with Crippen molar-refractivity contribution in [2.24, 2.45) is 5.41 Å². The van der Waals surface area contributed by atoms with E-state index in [1.807, 2.05) is 32.1 Å². The van der Waals surface area contributed by atoms with E-state index < -0.39 is 5.67 Å². The van der Waals surface area contributed by atoms with Gasteiger partial charge < -0.3 is 5.32 Å². The van der Waals surface area contributed by atoms with Gasteiger partial charge in [-0.2, -0.15) is 0 Å². The Morgan fingerprint density at radius 1 is 1.22 bits per heavy atom. The zero-order valence-electron chi connectivity index (χ0n) is 17.8. The lowest BCUT2D eigenvalue weighted by Gasteiger charge is -2.38. The van der Waals surface area contributed by atoms with E-state index in [2.05, 4.69) is 44.2 Å². The van der Waals surface area contributed by atoms with Gasteiger partial charge in [0, 0.05) is 17.5 Å². The second kappa shape index (κ2) is 7.46. The number of halogens is 1. The lowest BCUT2D eigenvalue weighted by molar-refractivity contribution is 0.274. The lowest BCUT2D eigenvalue weighted by Crippen LogP contribution is -2.27. The SMILES string of the molecule is C=C(C)/C=C(\C=C(/C)c1ccnc2c1C(C(C)(C)C)CC(=C)N2)C(C)(C)F. The molecule has 1 aliphatic rings. The van der Waals surface area contributed by atoms with Gasteiger partial charge in [0.25, 0.3) is 0 Å². The van der Waals surface area contributed by atoms with E-state index in [1.165, 1.54) is 5.56 Å². The molecule has 0 aliphatic carbocycles. The Bertz CT molecular complexity index is 814. The second-order valence-corrected chi connectivity index (χ2v) is 9.22. The molecule has 27 heavy (non-hydrogen) atoms. The normalized spacial score (nSPS) is 18.8. The summed E-state index contributed by atoms with van der Waals surface area (Å²) >= 11 is 0. The third kappa shape index (κ3) is 4.97. The number of aromatic nitrogens is 1. The third-order valence-corrected chi connectivity index (χ3v) is 5.01. The van der Waals surface area contributed by atoms with Crippen molar-refractivity contribution in [3.8, 4) is 0 Å². The summed E-state index contributed by atoms with van der Waals surface area (Å²) in [6, 6.07) is 2.03. The fourth-order valence-corrected chi connectivity index (χ4v) is 3.54. The minimum absolute atomic E-state index is 0.0631. The topological polar surface area (TPSA) is 24.9 Å². The second-order valence-electron chi connectivity index (χ2n) is 9.22. The van der Waals surface area contributed by atoms with Crippen LogP contribution in [0.25, 0.3) is 5.57 Å². The Labute approximate surface area is 164 Å². The molecule has 0 amide bonds. The molecule has 2 nitrogen and oxygen atoms in total. The molecule has 0 fully saturated rings. The standard InChI is InChI=1S/C24H33FN2/c1-15(2)12-18(24(8,9)25)13-16(3)19-10-11-26-22-21(19)20(23(5,6)7)14-17(4)27-22/h10-13,20H,1,4,14H2,2-3,5-9H3,(H,26,27)/b16-13+,18-12+. The highest BCUT2D eigenvalue weighted by molar-refractivity contribution is 5.75. The van der Waals surface area contributed by atoms with E-state index in [0.29, 0.717) is 11.5 Å². The van der Waals surface area contributed by atoms with Gasteiger partial charge in [0.05, 0.1) is 0 Å². The van der Waals surface area contributed by atoms with Crippen LogP contribution < -0.4 is 5.32 Å². The molecule has 1 unspecified atom stereocenters. The van der Waals surface area contributed by atoms with Crippen molar-refractivity contribution in [1.82, 2.24) is 4.98 Å². The van der Waals surface area contributed by atoms with Crippen LogP contribution in [-0.4, -0.2) is 10.7 Å². The lowest BCUT2D eigenvalue weighted by atomic mass is 9.71. The van der Waals surface area contributed by atoms with Gasteiger partial charge in [-0.05, 0) is 68.2 Å². The molecule has 1 atom stereocenters. The number of pyridine rings is 1. The number of hydrogen-bond acceptors (Lipinski definition) is 2. The molecule has 146 valence electrons. The number of fused-ring (bicyclic) bond motifs is 1. The molecule has 2 rings (SSSR count). The average molecular weight is 369 g/mol. The van der Waals surface area contributed by atoms with Gasteiger partial charge in [0.15, 0.2) is 0 Å². The predicted molar refractivity (Wildman–Crippen MR) is 116 cm³/mol. The summed E-state index contributed by atoms with van der Waals surface area (Å²) in [7, 11) is 0. The van der Waals surface area contributed by atoms with Gasteiger partial charge in [-0.15, -0.1) is 0 Å². The van der Waals surface area contributed by atoms with E-state index >= 15 is 0 Å². The first-order valence-corrected chi connectivity index (χ1v) is 9.49. The van der Waals surface area contributed by atoms with E-state index in [1.54, 1.807) is 20.0 Å². The molecule has 0 saturated heterocycles. The molecule has 1 aromatic rings. The van der Waals surface area contributed by atoms with Crippen LogP contribution in [-0.2, 0) is 0 Å². The van der Waals surface area contributed by atoms with E-state index in [4.69, 9.17) is 0 Å². The number of alkyl halides is 1. The first-order chi connectivity index (χ1) is 12.3. The molecule has 0 spiro atoms. The Morgan fingerprint density at radius 3 is 2.37 bits per heavy atom. The number of hydrogen-bond donors (Lipinski definition) is 1. The molecule has 1 N–H and O–H groups in total. The van der Waals surface area contributed by atoms with Crippen LogP contribution in [0.1, 0.15) is 71.9 Å². The third-order valence-electron chi connectivity index (χ3n) is 5.01. The van der Waals surface area contributed by atoms with Gasteiger partial charge in [-0.1, -0.05) is 51.7 Å². The van der Waals surface area contributed by atoms with Crippen LogP contribution in [0.15, 0.2) is 54.4 Å². The highest BCUT2D eigenvalue weighted by Gasteiger charge is 2.34. The quantitative estimate of drug-likeness (QED) is 0.569. The Balaban J connectivity index is 2.65. The first kappa shape index (κ1) is 21.1. The molecule has 1 aromatic heterocycles. The summed E-state index contributed by atoms with van der Waals surface area (Å²) in [6.45, 7) is 21.9. The zero-order chi connectivity index (χ0) is 20.6. The summed E-state index contributed by atoms with van der Waals surface area (Å²) in [6.07, 6.45) is 6.43. The summed E-state index contributed by atoms with van der Waals surface area (Å²) in [5.41, 5.74) is 4.39. The Hall–Kier alpha value is -2.16. The molecular formula is C24H33FN2. The average Bonchev–Trinajstić information content (AvgIpc) is 2.50. The minimum atomic E-state index is -1.44. The van der Waals surface area contributed by atoms with Gasteiger partial charge in [-0.3, -0.25) is 0 Å². The van der Waals surface area contributed by atoms with Crippen LogP contribution in [0.5, 0.6) is 0 Å². The first-order valence-electron chi connectivity index (χ1n) is 9.49. The van der Waals surface area contributed by atoms with Crippen LogP contribution in [0.2, 0.25) is 0 Å². The molecule has 2 heterocycles. The summed E-state index contributed by atoms with van der Waals surface area (Å²) < 4.78 is 14.8. The monoisotopic (exact) mass is 368 g/mol. The molecule has 0 bridgehead atoms. The van der Waals surface area contributed by atoms with Crippen LogP contribution in [0.4, 0.5) is 10.2 Å². The van der Waals surface area contributed by atoms with Crippen molar-refractivity contribution in [3.63, 3.8) is 0 Å². The smallest absolute Gasteiger partial charge is 0.134 e. The predicted octanol–water partition coefficient (Wildman–Crippen LogP) is 7.19. The number of anilines is 1. The molecule has 0 radical (unpaired) electrons. The molecule has 0 saturated carbocycles. The van der Waals surface area contributed by atoms with Gasteiger partial charge >= 0.3 is 0 Å². The number of rotatable bonds is 4. The fraction of sp³-hybridized carbons (Fsp3) is 0.458. The van der Waals surface area contributed by atoms with Crippen molar-refractivity contribution >= 4 is 11.4 Å². The van der Waals surface area contributed by atoms with Crippen molar-refractivity contribution in [2.75, 3.05) is 5.32 Å². The molecule has 3 heteroatoms. The zero-order valence-corrected chi connectivity index (χ0v) is 17.8. The molecular weight excluding hydrogens is 335 g/mol. The van der Waals surface area contributed by atoms with Crippen molar-refractivity contribution in [2.45, 2.75) is 66.5 Å². The maximum atomic E-state index is 14.8. The summed E-state index contributed by atoms with van der Waals surface area (Å²) in [5, 5.41) is 3.34. The highest BCUT2D eigenvalue weighted by Crippen LogP contribution is 2.47. The van der Waals surface area contributed by atoms with E-state index in [9.17, 15) is 4.39 Å². The summed E-state index contributed by atoms with van der Waals surface area (Å²) in [4.78, 5) is 4.55. The van der Waals surface area contributed by atoms with Crippen molar-refractivity contribution < 1.29 is 4.39 Å². The van der Waals surface area contributed by atoms with Crippen molar-refractivity contribution in [3.05, 3.63) is 65.5 Å².